The van der Waals surface area contributed by atoms with Crippen molar-refractivity contribution in [1.82, 2.24) is 4.90 Å². The van der Waals surface area contributed by atoms with Crippen LogP contribution >= 0.6 is 0 Å². The number of sulfonamides is 1. The van der Waals surface area contributed by atoms with E-state index in [4.69, 9.17) is 16.0 Å². The molecule has 1 fully saturated rings. The summed E-state index contributed by atoms with van der Waals surface area (Å²) in [6.45, 7) is 4.19. The van der Waals surface area contributed by atoms with Crippen LogP contribution in [0, 0.1) is 0 Å². The summed E-state index contributed by atoms with van der Waals surface area (Å²) in [7, 11) is -3.78. The molecule has 8 heteroatoms. The first kappa shape index (κ1) is 15.0. The maximum Gasteiger partial charge on any atom is 0.240 e. The second kappa shape index (κ2) is 5.96. The highest BCUT2D eigenvalue weighted by molar-refractivity contribution is 7.89. The van der Waals surface area contributed by atoms with Crippen LogP contribution in [-0.4, -0.2) is 57.8 Å². The SMILES string of the molecule is Nc1cc(N2CCN(CCO)CC2)ccc1S(N)(=O)=O. The lowest BCUT2D eigenvalue weighted by molar-refractivity contribution is 0.189. The second-order valence-electron chi connectivity index (χ2n) is 4.82. The Morgan fingerprint density at radius 1 is 1.20 bits per heavy atom. The minimum Gasteiger partial charge on any atom is -0.398 e. The zero-order valence-corrected chi connectivity index (χ0v) is 12.0. The van der Waals surface area contributed by atoms with Crippen LogP contribution in [0.15, 0.2) is 23.1 Å². The number of nitrogens with two attached hydrogens (primary N) is 2. The lowest BCUT2D eigenvalue weighted by Crippen LogP contribution is -2.47. The maximum atomic E-state index is 11.3. The fourth-order valence-corrected chi connectivity index (χ4v) is 3.01. The Morgan fingerprint density at radius 2 is 1.85 bits per heavy atom. The first-order chi connectivity index (χ1) is 9.41. The number of piperazine rings is 1. The van der Waals surface area contributed by atoms with E-state index in [0.717, 1.165) is 31.9 Å². The molecule has 1 aliphatic rings. The summed E-state index contributed by atoms with van der Waals surface area (Å²) in [5.41, 5.74) is 6.82. The summed E-state index contributed by atoms with van der Waals surface area (Å²) in [4.78, 5) is 4.27. The van der Waals surface area contributed by atoms with Gasteiger partial charge in [0.2, 0.25) is 10.0 Å². The van der Waals surface area contributed by atoms with Gasteiger partial charge in [0.15, 0.2) is 0 Å². The van der Waals surface area contributed by atoms with Gasteiger partial charge < -0.3 is 15.7 Å². The molecule has 20 heavy (non-hydrogen) atoms. The minimum atomic E-state index is -3.78. The Labute approximate surface area is 118 Å². The molecular weight excluding hydrogens is 280 g/mol. The van der Waals surface area contributed by atoms with Gasteiger partial charge in [-0.2, -0.15) is 0 Å². The highest BCUT2D eigenvalue weighted by Crippen LogP contribution is 2.24. The summed E-state index contributed by atoms with van der Waals surface area (Å²) in [6, 6.07) is 4.80. The fourth-order valence-electron chi connectivity index (χ4n) is 2.36. The van der Waals surface area contributed by atoms with Crippen molar-refractivity contribution in [2.75, 3.05) is 50.0 Å². The smallest absolute Gasteiger partial charge is 0.240 e. The predicted molar refractivity (Wildman–Crippen MR) is 78.0 cm³/mol. The largest absolute Gasteiger partial charge is 0.398 e. The van der Waals surface area contributed by atoms with Crippen molar-refractivity contribution in [3.63, 3.8) is 0 Å². The van der Waals surface area contributed by atoms with Crippen molar-refractivity contribution in [2.45, 2.75) is 4.90 Å². The minimum absolute atomic E-state index is 0.0415. The molecule has 0 radical (unpaired) electrons. The van der Waals surface area contributed by atoms with Crippen LogP contribution in [0.25, 0.3) is 0 Å². The van der Waals surface area contributed by atoms with Crippen molar-refractivity contribution in [3.05, 3.63) is 18.2 Å². The monoisotopic (exact) mass is 300 g/mol. The molecule has 5 N–H and O–H groups in total. The van der Waals surface area contributed by atoms with E-state index < -0.39 is 10.0 Å². The molecule has 0 saturated carbocycles. The number of aliphatic hydroxyl groups excluding tert-OH is 1. The van der Waals surface area contributed by atoms with Gasteiger partial charge in [-0.25, -0.2) is 13.6 Å². The van der Waals surface area contributed by atoms with Crippen molar-refractivity contribution >= 4 is 21.4 Å². The van der Waals surface area contributed by atoms with Gasteiger partial charge in [0.25, 0.3) is 0 Å². The standard InChI is InChI=1S/C12H20N4O3S/c13-11-9-10(1-2-12(11)20(14,18)19)16-5-3-15(4-6-16)7-8-17/h1-2,9,17H,3-8,13H2,(H2,14,18,19). The van der Waals surface area contributed by atoms with Crippen LogP contribution in [0.3, 0.4) is 0 Å². The van der Waals surface area contributed by atoms with Crippen LogP contribution in [-0.2, 0) is 10.0 Å². The summed E-state index contributed by atoms with van der Waals surface area (Å²) < 4.78 is 22.6. The van der Waals surface area contributed by atoms with Gasteiger partial charge in [-0.15, -0.1) is 0 Å². The van der Waals surface area contributed by atoms with Gasteiger partial charge in [-0.05, 0) is 18.2 Å². The maximum absolute atomic E-state index is 11.3. The van der Waals surface area contributed by atoms with Gasteiger partial charge in [0, 0.05) is 38.4 Å². The Morgan fingerprint density at radius 3 is 2.35 bits per heavy atom. The number of benzene rings is 1. The third-order valence-electron chi connectivity index (χ3n) is 3.45. The van der Waals surface area contributed by atoms with Crippen LogP contribution in [0.5, 0.6) is 0 Å². The van der Waals surface area contributed by atoms with Gasteiger partial charge >= 0.3 is 0 Å². The van der Waals surface area contributed by atoms with E-state index in [-0.39, 0.29) is 17.2 Å². The number of anilines is 2. The number of hydrogen-bond acceptors (Lipinski definition) is 6. The van der Waals surface area contributed by atoms with Gasteiger partial charge in [-0.3, -0.25) is 4.90 Å². The van der Waals surface area contributed by atoms with E-state index in [0.29, 0.717) is 6.54 Å². The number of nitrogen functional groups attached to an aromatic ring is 1. The molecule has 112 valence electrons. The Hall–Kier alpha value is -1.35. The lowest BCUT2D eigenvalue weighted by Gasteiger charge is -2.36. The molecule has 1 aromatic carbocycles. The molecule has 0 unspecified atom stereocenters. The number of β-amino-alcohol motifs (C(OH)–C–C–N with tert-alkyl or cyclic N) is 1. The van der Waals surface area contributed by atoms with E-state index >= 15 is 0 Å². The molecule has 0 aliphatic carbocycles. The summed E-state index contributed by atoms with van der Waals surface area (Å²) in [5.74, 6) is 0. The van der Waals surface area contributed by atoms with E-state index in [9.17, 15) is 8.42 Å². The van der Waals surface area contributed by atoms with Crippen LogP contribution in [0.1, 0.15) is 0 Å². The number of primary sulfonamides is 1. The van der Waals surface area contributed by atoms with Crippen LogP contribution in [0.4, 0.5) is 11.4 Å². The molecule has 0 aromatic heterocycles. The highest BCUT2D eigenvalue weighted by atomic mass is 32.2. The van der Waals surface area contributed by atoms with Crippen molar-refractivity contribution in [1.29, 1.82) is 0 Å². The van der Waals surface area contributed by atoms with Gasteiger partial charge in [0.1, 0.15) is 4.90 Å². The number of rotatable bonds is 4. The molecule has 1 aliphatic heterocycles. The zero-order valence-electron chi connectivity index (χ0n) is 11.2. The third kappa shape index (κ3) is 3.40. The average Bonchev–Trinajstić information content (AvgIpc) is 2.38. The van der Waals surface area contributed by atoms with Crippen LogP contribution in [0.2, 0.25) is 0 Å². The summed E-state index contributed by atoms with van der Waals surface area (Å²) in [5, 5.41) is 14.0. The number of nitrogens with zero attached hydrogens (tertiary/aromatic N) is 2. The molecule has 0 atom stereocenters. The van der Waals surface area contributed by atoms with Crippen molar-refractivity contribution < 1.29 is 13.5 Å². The quantitative estimate of drug-likeness (QED) is 0.617. The van der Waals surface area contributed by atoms with E-state index in [1.165, 1.54) is 6.07 Å². The molecule has 2 rings (SSSR count). The molecule has 0 spiro atoms. The van der Waals surface area contributed by atoms with Crippen LogP contribution < -0.4 is 15.8 Å². The van der Waals surface area contributed by atoms with E-state index in [2.05, 4.69) is 9.80 Å². The molecule has 1 aromatic rings. The van der Waals surface area contributed by atoms with Crippen molar-refractivity contribution in [2.24, 2.45) is 5.14 Å². The lowest BCUT2D eigenvalue weighted by atomic mass is 10.2. The van der Waals surface area contributed by atoms with Gasteiger partial charge in [0.05, 0.1) is 12.3 Å². The third-order valence-corrected chi connectivity index (χ3v) is 4.44. The normalized spacial score (nSPS) is 17.4. The Kier molecular flexibility index (Phi) is 4.48. The Balaban J connectivity index is 2.10. The summed E-state index contributed by atoms with van der Waals surface area (Å²) >= 11 is 0. The van der Waals surface area contributed by atoms with Gasteiger partial charge in [-0.1, -0.05) is 0 Å². The van der Waals surface area contributed by atoms with E-state index in [1.807, 2.05) is 0 Å². The zero-order chi connectivity index (χ0) is 14.8. The first-order valence-corrected chi connectivity index (χ1v) is 7.97. The summed E-state index contributed by atoms with van der Waals surface area (Å²) in [6.07, 6.45) is 0. The van der Waals surface area contributed by atoms with Crippen molar-refractivity contribution in [3.8, 4) is 0 Å². The molecule has 1 heterocycles. The van der Waals surface area contributed by atoms with E-state index in [1.54, 1.807) is 12.1 Å². The average molecular weight is 300 g/mol. The molecule has 1 saturated heterocycles. The molecule has 7 nitrogen and oxygen atoms in total. The molecule has 0 amide bonds. The topological polar surface area (TPSA) is 113 Å². The molecule has 0 bridgehead atoms. The molecular formula is C12H20N4O3S. The second-order valence-corrected chi connectivity index (χ2v) is 6.35. The number of hydrogen-bond donors (Lipinski definition) is 3. The first-order valence-electron chi connectivity index (χ1n) is 6.42. The fraction of sp³-hybridized carbons (Fsp3) is 0.500. The highest BCUT2D eigenvalue weighted by Gasteiger charge is 2.19. The number of aliphatic hydroxyl groups is 1. The predicted octanol–water partition coefficient (Wildman–Crippen LogP) is -0.969. The Bertz CT molecular complexity index is 568.